The number of nitrogens with one attached hydrogen (secondary N) is 1. The molecule has 0 fully saturated rings. The van der Waals surface area contributed by atoms with Crippen LogP contribution in [0.5, 0.6) is 0 Å². The number of para-hydroxylation sites is 2. The van der Waals surface area contributed by atoms with Gasteiger partial charge < -0.3 is 9.84 Å². The number of aryl methyl sites for hydroxylation is 1. The van der Waals surface area contributed by atoms with Gasteiger partial charge in [-0.1, -0.05) is 49.5 Å². The molecule has 142 valence electrons. The molecule has 2 heterocycles. The molecule has 0 saturated carbocycles. The minimum Gasteiger partial charge on any atom is -0.431 e. The molecule has 0 saturated heterocycles. The molecule has 1 N–H and O–H groups in total. The summed E-state index contributed by atoms with van der Waals surface area (Å²) < 4.78 is 8.84. The number of hydrogen-bond acceptors (Lipinski definition) is 5. The average Bonchev–Trinajstić information content (AvgIpc) is 3.11. The number of hydrogen-bond donors (Lipinski definition) is 1. The highest BCUT2D eigenvalue weighted by Gasteiger charge is 2.18. The summed E-state index contributed by atoms with van der Waals surface area (Å²) in [6.07, 6.45) is 9.31. The first-order valence-corrected chi connectivity index (χ1v) is 11.1. The number of nitrogens with zero attached hydrogens (tertiary/aromatic N) is 2. The van der Waals surface area contributed by atoms with Gasteiger partial charge in [-0.05, 0) is 55.4 Å². The summed E-state index contributed by atoms with van der Waals surface area (Å²) in [5, 5.41) is 0.713. The van der Waals surface area contributed by atoms with Crippen LogP contribution in [-0.4, -0.2) is 16.2 Å². The second-order valence-electron chi connectivity index (χ2n) is 6.99. The lowest BCUT2D eigenvalue weighted by Gasteiger charge is -2.23. The molecule has 0 amide bonds. The number of rotatable bonds is 7. The van der Waals surface area contributed by atoms with Crippen LogP contribution in [0, 0.1) is 4.64 Å². The summed E-state index contributed by atoms with van der Waals surface area (Å²) in [7, 11) is 0. The van der Waals surface area contributed by atoms with Crippen molar-refractivity contribution in [2.75, 3.05) is 12.0 Å². The molecule has 0 spiro atoms. The van der Waals surface area contributed by atoms with Crippen molar-refractivity contribution in [2.24, 2.45) is 0 Å². The SMILES string of the molecule is CCCCNn1cc2c(c(CSc3nc4ccccc4o3)c1=S)CCCC2. The van der Waals surface area contributed by atoms with E-state index in [1.165, 1.54) is 36.0 Å². The van der Waals surface area contributed by atoms with Gasteiger partial charge in [0.2, 0.25) is 0 Å². The van der Waals surface area contributed by atoms with Crippen LogP contribution in [0.4, 0.5) is 0 Å². The molecule has 0 aliphatic heterocycles. The number of benzene rings is 1. The van der Waals surface area contributed by atoms with E-state index >= 15 is 0 Å². The van der Waals surface area contributed by atoms with Gasteiger partial charge >= 0.3 is 0 Å². The van der Waals surface area contributed by atoms with E-state index in [4.69, 9.17) is 16.6 Å². The Morgan fingerprint density at radius 2 is 2.11 bits per heavy atom. The van der Waals surface area contributed by atoms with Crippen LogP contribution in [-0.2, 0) is 18.6 Å². The maximum absolute atomic E-state index is 5.88. The fraction of sp³-hybridized carbons (Fsp3) is 0.429. The predicted molar refractivity (Wildman–Crippen MR) is 115 cm³/mol. The summed E-state index contributed by atoms with van der Waals surface area (Å²) in [5.74, 6) is 0.796. The first-order chi connectivity index (χ1) is 13.3. The molecule has 3 aromatic rings. The Kier molecular flexibility index (Phi) is 5.83. The Labute approximate surface area is 169 Å². The third kappa shape index (κ3) is 4.06. The van der Waals surface area contributed by atoms with E-state index in [2.05, 4.69) is 28.2 Å². The fourth-order valence-electron chi connectivity index (χ4n) is 3.59. The normalized spacial score (nSPS) is 13.7. The van der Waals surface area contributed by atoms with Crippen molar-refractivity contribution in [3.63, 3.8) is 0 Å². The van der Waals surface area contributed by atoms with Gasteiger partial charge in [0.15, 0.2) is 5.58 Å². The zero-order chi connectivity index (χ0) is 18.6. The predicted octanol–water partition coefficient (Wildman–Crippen LogP) is 5.87. The van der Waals surface area contributed by atoms with E-state index in [1.54, 1.807) is 11.8 Å². The Morgan fingerprint density at radius 1 is 1.26 bits per heavy atom. The monoisotopic (exact) mass is 399 g/mol. The molecule has 6 heteroatoms. The molecule has 0 radical (unpaired) electrons. The number of fused-ring (bicyclic) bond motifs is 2. The molecule has 0 bridgehead atoms. The van der Waals surface area contributed by atoms with E-state index < -0.39 is 0 Å². The summed E-state index contributed by atoms with van der Waals surface area (Å²) in [5.41, 5.74) is 9.38. The van der Waals surface area contributed by atoms with Gasteiger partial charge in [-0.3, -0.25) is 4.68 Å². The fourth-order valence-corrected chi connectivity index (χ4v) is 4.89. The van der Waals surface area contributed by atoms with Crippen LogP contribution in [0.15, 0.2) is 40.1 Å². The molecule has 4 rings (SSSR count). The van der Waals surface area contributed by atoms with Crippen molar-refractivity contribution in [3.05, 3.63) is 51.8 Å². The summed E-state index contributed by atoms with van der Waals surface area (Å²) in [4.78, 5) is 4.59. The maximum atomic E-state index is 5.88. The molecule has 4 nitrogen and oxygen atoms in total. The summed E-state index contributed by atoms with van der Waals surface area (Å²) in [6.45, 7) is 3.15. The van der Waals surface area contributed by atoms with Gasteiger partial charge in [-0.25, -0.2) is 4.98 Å². The molecule has 1 aliphatic carbocycles. The smallest absolute Gasteiger partial charge is 0.257 e. The summed E-state index contributed by atoms with van der Waals surface area (Å²) >= 11 is 7.48. The standard InChI is InChI=1S/C21H25N3OS2/c1-2-3-12-22-24-13-15-8-4-5-9-16(15)17(20(24)26)14-27-21-23-18-10-6-7-11-19(18)25-21/h6-7,10-11,13,22H,2-5,8-9,12,14H2,1H3. The van der Waals surface area contributed by atoms with Crippen molar-refractivity contribution in [3.8, 4) is 0 Å². The Bertz CT molecular complexity index is 960. The zero-order valence-corrected chi connectivity index (χ0v) is 17.3. The van der Waals surface area contributed by atoms with Gasteiger partial charge in [-0.2, -0.15) is 0 Å². The van der Waals surface area contributed by atoms with E-state index in [1.807, 2.05) is 24.3 Å². The van der Waals surface area contributed by atoms with Gasteiger partial charge in [0.1, 0.15) is 10.2 Å². The lowest BCUT2D eigenvalue weighted by Crippen LogP contribution is -2.21. The second-order valence-corrected chi connectivity index (χ2v) is 8.30. The lowest BCUT2D eigenvalue weighted by atomic mass is 9.90. The van der Waals surface area contributed by atoms with Crippen molar-refractivity contribution < 1.29 is 4.42 Å². The van der Waals surface area contributed by atoms with E-state index in [0.29, 0.717) is 5.22 Å². The molecular weight excluding hydrogens is 374 g/mol. The number of pyridine rings is 1. The highest BCUT2D eigenvalue weighted by atomic mass is 32.2. The largest absolute Gasteiger partial charge is 0.431 e. The Balaban J connectivity index is 1.61. The zero-order valence-electron chi connectivity index (χ0n) is 15.7. The van der Waals surface area contributed by atoms with Crippen LogP contribution >= 0.6 is 24.0 Å². The quantitative estimate of drug-likeness (QED) is 0.306. The third-order valence-corrected chi connectivity index (χ3v) is 6.36. The first kappa shape index (κ1) is 18.6. The average molecular weight is 400 g/mol. The van der Waals surface area contributed by atoms with Gasteiger partial charge in [0.25, 0.3) is 5.22 Å². The molecule has 1 aliphatic rings. The van der Waals surface area contributed by atoms with Crippen molar-refractivity contribution in [1.29, 1.82) is 0 Å². The van der Waals surface area contributed by atoms with Gasteiger partial charge in [0.05, 0.1) is 0 Å². The van der Waals surface area contributed by atoms with Crippen LogP contribution in [0.1, 0.15) is 49.3 Å². The van der Waals surface area contributed by atoms with Crippen LogP contribution in [0.25, 0.3) is 11.1 Å². The van der Waals surface area contributed by atoms with Crippen molar-refractivity contribution in [2.45, 2.75) is 56.4 Å². The Hall–Kier alpha value is -1.79. The van der Waals surface area contributed by atoms with E-state index in [9.17, 15) is 0 Å². The van der Waals surface area contributed by atoms with E-state index in [0.717, 1.165) is 47.3 Å². The molecule has 0 unspecified atom stereocenters. The highest BCUT2D eigenvalue weighted by molar-refractivity contribution is 7.98. The topological polar surface area (TPSA) is 43.0 Å². The van der Waals surface area contributed by atoms with Gasteiger partial charge in [0, 0.05) is 24.1 Å². The van der Waals surface area contributed by atoms with E-state index in [-0.39, 0.29) is 0 Å². The number of oxazole rings is 1. The minimum atomic E-state index is 0.713. The minimum absolute atomic E-state index is 0.713. The van der Waals surface area contributed by atoms with Crippen molar-refractivity contribution >= 4 is 35.1 Å². The maximum Gasteiger partial charge on any atom is 0.257 e. The number of aromatic nitrogens is 2. The Morgan fingerprint density at radius 3 is 2.96 bits per heavy atom. The lowest BCUT2D eigenvalue weighted by molar-refractivity contribution is 0.489. The number of thioether (sulfide) groups is 1. The van der Waals surface area contributed by atoms with Crippen LogP contribution in [0.3, 0.4) is 0 Å². The van der Waals surface area contributed by atoms with Crippen LogP contribution < -0.4 is 5.43 Å². The summed E-state index contributed by atoms with van der Waals surface area (Å²) in [6, 6.07) is 7.90. The molecular formula is C21H25N3OS2. The number of unbranched alkanes of at least 4 members (excludes halogenated alkanes) is 1. The molecule has 2 aromatic heterocycles. The van der Waals surface area contributed by atoms with Crippen molar-refractivity contribution in [1.82, 2.24) is 9.66 Å². The molecule has 0 atom stereocenters. The second kappa shape index (κ2) is 8.48. The molecule has 1 aromatic carbocycles. The molecule has 27 heavy (non-hydrogen) atoms. The van der Waals surface area contributed by atoms with Gasteiger partial charge in [-0.15, -0.1) is 0 Å². The third-order valence-electron chi connectivity index (χ3n) is 5.06. The highest BCUT2D eigenvalue weighted by Crippen LogP contribution is 2.31. The first-order valence-electron chi connectivity index (χ1n) is 9.75. The van der Waals surface area contributed by atoms with Crippen LogP contribution in [0.2, 0.25) is 0 Å².